The maximum absolute atomic E-state index is 5.73. The van der Waals surface area contributed by atoms with Crippen LogP contribution in [0.15, 0.2) is 12.4 Å². The highest BCUT2D eigenvalue weighted by atomic mass is 35.5. The van der Waals surface area contributed by atoms with Gasteiger partial charge in [-0.3, -0.25) is 4.40 Å². The lowest BCUT2D eigenvalue weighted by Gasteiger charge is -2.21. The third-order valence-electron chi connectivity index (χ3n) is 2.72. The Morgan fingerprint density at radius 1 is 1.41 bits per heavy atom. The molecule has 0 unspecified atom stereocenters. The van der Waals surface area contributed by atoms with Crippen molar-refractivity contribution in [3.8, 4) is 0 Å². The van der Waals surface area contributed by atoms with Crippen molar-refractivity contribution in [2.75, 3.05) is 23.9 Å². The van der Waals surface area contributed by atoms with E-state index in [1.807, 2.05) is 17.5 Å². The number of hydrogen-bond donors (Lipinski definition) is 0. The summed E-state index contributed by atoms with van der Waals surface area (Å²) in [6.07, 6.45) is 4.59. The van der Waals surface area contributed by atoms with Gasteiger partial charge in [0.1, 0.15) is 5.82 Å². The van der Waals surface area contributed by atoms with Crippen molar-refractivity contribution in [2.24, 2.45) is 0 Å². The molecule has 0 radical (unpaired) electrons. The van der Waals surface area contributed by atoms with Crippen molar-refractivity contribution < 1.29 is 0 Å². The minimum absolute atomic E-state index is 0.658. The van der Waals surface area contributed by atoms with Crippen LogP contribution in [0.5, 0.6) is 0 Å². The van der Waals surface area contributed by atoms with E-state index in [0.717, 1.165) is 36.8 Å². The molecule has 0 N–H and O–H groups in total. The van der Waals surface area contributed by atoms with Crippen molar-refractivity contribution in [1.82, 2.24) is 19.6 Å². The molecule has 0 saturated carbocycles. The molecule has 2 heterocycles. The van der Waals surface area contributed by atoms with E-state index in [-0.39, 0.29) is 0 Å². The number of halogens is 1. The predicted octanol–water partition coefficient (Wildman–Crippen LogP) is 1.89. The summed E-state index contributed by atoms with van der Waals surface area (Å²) in [5.41, 5.74) is 0.807. The van der Waals surface area contributed by atoms with Gasteiger partial charge in [0.25, 0.3) is 0 Å². The number of fused-ring (bicyclic) bond motifs is 1. The quantitative estimate of drug-likeness (QED) is 0.764. The second-order valence-corrected chi connectivity index (χ2v) is 4.19. The van der Waals surface area contributed by atoms with E-state index in [0.29, 0.717) is 5.88 Å². The van der Waals surface area contributed by atoms with Crippen LogP contribution in [0.1, 0.15) is 19.2 Å². The zero-order chi connectivity index (χ0) is 12.3. The van der Waals surface area contributed by atoms with E-state index < -0.39 is 0 Å². The van der Waals surface area contributed by atoms with E-state index in [1.165, 1.54) is 0 Å². The van der Waals surface area contributed by atoms with Gasteiger partial charge in [-0.05, 0) is 20.3 Å². The maximum atomic E-state index is 5.73. The molecule has 2 aromatic heterocycles. The monoisotopic (exact) mass is 253 g/mol. The fourth-order valence-electron chi connectivity index (χ4n) is 1.82. The minimum atomic E-state index is 0.658. The van der Waals surface area contributed by atoms with E-state index in [2.05, 4.69) is 27.0 Å². The predicted molar refractivity (Wildman–Crippen MR) is 68.7 cm³/mol. The largest absolute Gasteiger partial charge is 0.354 e. The Morgan fingerprint density at radius 2 is 2.24 bits per heavy atom. The molecule has 2 rings (SSSR count). The molecular weight excluding hydrogens is 238 g/mol. The first-order chi connectivity index (χ1) is 8.27. The fourth-order valence-corrected chi connectivity index (χ4v) is 1.94. The zero-order valence-electron chi connectivity index (χ0n) is 10.1. The molecule has 6 heteroatoms. The number of nitrogens with zero attached hydrogens (tertiary/aromatic N) is 5. The Bertz CT molecular complexity index is 496. The average molecular weight is 254 g/mol. The molecule has 0 saturated heterocycles. The minimum Gasteiger partial charge on any atom is -0.354 e. The average Bonchev–Trinajstić information content (AvgIpc) is 2.73. The smallest absolute Gasteiger partial charge is 0.203 e. The van der Waals surface area contributed by atoms with Crippen LogP contribution in [-0.2, 0) is 0 Å². The SMILES string of the molecule is CCN(CCCCl)c1nccn2c(C)nnc12. The van der Waals surface area contributed by atoms with Crippen LogP contribution in [0, 0.1) is 6.92 Å². The Hall–Kier alpha value is -1.36. The molecular formula is C11H16ClN5. The lowest BCUT2D eigenvalue weighted by molar-refractivity contribution is 0.780. The van der Waals surface area contributed by atoms with Crippen molar-refractivity contribution in [1.29, 1.82) is 0 Å². The first-order valence-corrected chi connectivity index (χ1v) is 6.28. The standard InChI is InChI=1S/C11H16ClN5/c1-3-16(7-4-5-12)10-11-15-14-9(2)17(11)8-6-13-10/h6,8H,3-5,7H2,1-2H3. The van der Waals surface area contributed by atoms with E-state index in [4.69, 9.17) is 11.6 Å². The molecule has 0 aliphatic heterocycles. The topological polar surface area (TPSA) is 46.3 Å². The second kappa shape index (κ2) is 5.31. The summed E-state index contributed by atoms with van der Waals surface area (Å²) < 4.78 is 1.95. The third kappa shape index (κ3) is 2.34. The zero-order valence-corrected chi connectivity index (χ0v) is 10.9. The van der Waals surface area contributed by atoms with E-state index in [1.54, 1.807) is 6.20 Å². The van der Waals surface area contributed by atoms with Crippen LogP contribution in [0.4, 0.5) is 5.82 Å². The number of anilines is 1. The molecule has 0 aliphatic rings. The van der Waals surface area contributed by atoms with Gasteiger partial charge in [-0.15, -0.1) is 21.8 Å². The normalized spacial score (nSPS) is 11.0. The lowest BCUT2D eigenvalue weighted by Crippen LogP contribution is -2.26. The Balaban J connectivity index is 2.39. The summed E-state index contributed by atoms with van der Waals surface area (Å²) in [5.74, 6) is 2.41. The number of aryl methyl sites for hydroxylation is 1. The Labute approximate surface area is 105 Å². The molecule has 0 spiro atoms. The highest BCUT2D eigenvalue weighted by Crippen LogP contribution is 2.17. The summed E-state index contributed by atoms with van der Waals surface area (Å²) in [5, 5.41) is 8.24. The van der Waals surface area contributed by atoms with E-state index in [9.17, 15) is 0 Å². The van der Waals surface area contributed by atoms with Gasteiger partial charge in [-0.2, -0.15) is 0 Å². The summed E-state index contributed by atoms with van der Waals surface area (Å²) in [6.45, 7) is 5.80. The molecule has 17 heavy (non-hydrogen) atoms. The van der Waals surface area contributed by atoms with Gasteiger partial charge in [0.05, 0.1) is 0 Å². The van der Waals surface area contributed by atoms with E-state index >= 15 is 0 Å². The maximum Gasteiger partial charge on any atom is 0.203 e. The summed E-state index contributed by atoms with van der Waals surface area (Å²) in [7, 11) is 0. The fraction of sp³-hybridized carbons (Fsp3) is 0.545. The van der Waals surface area contributed by atoms with Gasteiger partial charge < -0.3 is 4.90 Å². The third-order valence-corrected chi connectivity index (χ3v) is 2.99. The molecule has 0 bridgehead atoms. The first kappa shape index (κ1) is 12.1. The van der Waals surface area contributed by atoms with Crippen LogP contribution in [0.2, 0.25) is 0 Å². The molecule has 5 nitrogen and oxygen atoms in total. The second-order valence-electron chi connectivity index (χ2n) is 3.81. The molecule has 0 aliphatic carbocycles. The van der Waals surface area contributed by atoms with Gasteiger partial charge in [-0.25, -0.2) is 4.98 Å². The van der Waals surface area contributed by atoms with Gasteiger partial charge in [0.2, 0.25) is 5.65 Å². The summed E-state index contributed by atoms with van der Waals surface area (Å²) in [6, 6.07) is 0. The molecule has 0 aromatic carbocycles. The summed E-state index contributed by atoms with van der Waals surface area (Å²) in [4.78, 5) is 6.58. The lowest BCUT2D eigenvalue weighted by atomic mass is 10.4. The van der Waals surface area contributed by atoms with Gasteiger partial charge >= 0.3 is 0 Å². The van der Waals surface area contributed by atoms with Crippen molar-refractivity contribution in [2.45, 2.75) is 20.3 Å². The van der Waals surface area contributed by atoms with Crippen molar-refractivity contribution in [3.63, 3.8) is 0 Å². The van der Waals surface area contributed by atoms with Crippen LogP contribution < -0.4 is 4.90 Å². The van der Waals surface area contributed by atoms with Crippen molar-refractivity contribution >= 4 is 23.1 Å². The van der Waals surface area contributed by atoms with Crippen LogP contribution in [0.25, 0.3) is 5.65 Å². The first-order valence-electron chi connectivity index (χ1n) is 5.75. The van der Waals surface area contributed by atoms with Crippen molar-refractivity contribution in [3.05, 3.63) is 18.2 Å². The van der Waals surface area contributed by atoms with Crippen LogP contribution in [-0.4, -0.2) is 38.6 Å². The number of rotatable bonds is 5. The molecule has 0 fully saturated rings. The molecule has 2 aromatic rings. The molecule has 0 amide bonds. The highest BCUT2D eigenvalue weighted by Gasteiger charge is 2.13. The molecule has 0 atom stereocenters. The number of alkyl halides is 1. The van der Waals surface area contributed by atoms with Gasteiger partial charge in [0.15, 0.2) is 5.82 Å². The highest BCUT2D eigenvalue weighted by molar-refractivity contribution is 6.17. The molecule has 92 valence electrons. The number of hydrogen-bond acceptors (Lipinski definition) is 4. The van der Waals surface area contributed by atoms with Crippen LogP contribution >= 0.6 is 11.6 Å². The Morgan fingerprint density at radius 3 is 2.94 bits per heavy atom. The van der Waals surface area contributed by atoms with Gasteiger partial charge in [-0.1, -0.05) is 0 Å². The number of aromatic nitrogens is 4. The Kier molecular flexibility index (Phi) is 3.78. The summed E-state index contributed by atoms with van der Waals surface area (Å²) >= 11 is 5.73. The van der Waals surface area contributed by atoms with Gasteiger partial charge in [0, 0.05) is 31.4 Å². The van der Waals surface area contributed by atoms with Crippen LogP contribution in [0.3, 0.4) is 0 Å².